The summed E-state index contributed by atoms with van der Waals surface area (Å²) in [7, 11) is 1.93. The van der Waals surface area contributed by atoms with Crippen molar-refractivity contribution in [3.05, 3.63) is 0 Å². The zero-order valence-corrected chi connectivity index (χ0v) is 13.3. The molecule has 0 aromatic heterocycles. The topological polar surface area (TPSA) is 50.8 Å². The van der Waals surface area contributed by atoms with E-state index >= 15 is 0 Å². The van der Waals surface area contributed by atoms with Gasteiger partial charge in [0.2, 0.25) is 0 Å². The molecule has 0 saturated carbocycles. The Morgan fingerprint density at radius 2 is 2.25 bits per heavy atom. The van der Waals surface area contributed by atoms with E-state index in [-0.39, 0.29) is 30.5 Å². The van der Waals surface area contributed by atoms with Crippen LogP contribution in [0, 0.1) is 0 Å². The Bertz CT molecular complexity index is 298. The molecule has 2 saturated heterocycles. The molecule has 2 fully saturated rings. The molecule has 2 aliphatic heterocycles. The average Bonchev–Trinajstić information content (AvgIpc) is 3.06. The smallest absolute Gasteiger partial charge is 0.251 e. The molecule has 20 heavy (non-hydrogen) atoms. The van der Waals surface area contributed by atoms with Crippen LogP contribution >= 0.6 is 12.4 Å². The molecule has 2 rings (SSSR count). The third-order valence-corrected chi connectivity index (χ3v) is 4.00. The number of carbonyl (C=O) groups is 1. The number of hydrogen-bond acceptors (Lipinski definition) is 4. The Labute approximate surface area is 127 Å². The summed E-state index contributed by atoms with van der Waals surface area (Å²) < 4.78 is 11.2. The quantitative estimate of drug-likeness (QED) is 0.801. The second-order valence-electron chi connectivity index (χ2n) is 5.50. The van der Waals surface area contributed by atoms with Gasteiger partial charge >= 0.3 is 0 Å². The summed E-state index contributed by atoms with van der Waals surface area (Å²) in [6.07, 6.45) is 4.16. The molecule has 0 bridgehead atoms. The average molecular weight is 307 g/mol. The molecule has 0 spiro atoms. The van der Waals surface area contributed by atoms with E-state index in [1.165, 1.54) is 0 Å². The van der Waals surface area contributed by atoms with Crippen molar-refractivity contribution in [1.82, 2.24) is 10.2 Å². The van der Waals surface area contributed by atoms with E-state index < -0.39 is 0 Å². The van der Waals surface area contributed by atoms with Gasteiger partial charge in [0.05, 0.1) is 12.7 Å². The Hall–Kier alpha value is -0.360. The highest BCUT2D eigenvalue weighted by Gasteiger charge is 2.31. The molecular formula is C14H27ClN2O3. The Kier molecular flexibility index (Phi) is 7.80. The van der Waals surface area contributed by atoms with Gasteiger partial charge in [-0.05, 0) is 39.7 Å². The minimum Gasteiger partial charge on any atom is -0.376 e. The molecule has 0 radical (unpaired) electrons. The number of likely N-dealkylation sites (N-methyl/N-ethyl adjacent to an activating group) is 1. The predicted octanol–water partition coefficient (Wildman–Crippen LogP) is 1.20. The number of amides is 1. The molecule has 0 aromatic carbocycles. The molecule has 1 amide bonds. The maximum Gasteiger partial charge on any atom is 0.251 e. The summed E-state index contributed by atoms with van der Waals surface area (Å²) in [6.45, 7) is 4.94. The van der Waals surface area contributed by atoms with Crippen molar-refractivity contribution in [3.63, 3.8) is 0 Å². The minimum atomic E-state index is -0.360. The van der Waals surface area contributed by atoms with Gasteiger partial charge < -0.3 is 19.7 Å². The van der Waals surface area contributed by atoms with Gasteiger partial charge in [0.1, 0.15) is 6.10 Å². The molecule has 3 unspecified atom stereocenters. The van der Waals surface area contributed by atoms with Gasteiger partial charge in [-0.1, -0.05) is 0 Å². The molecule has 6 heteroatoms. The summed E-state index contributed by atoms with van der Waals surface area (Å²) >= 11 is 0. The van der Waals surface area contributed by atoms with E-state index in [2.05, 4.69) is 5.32 Å². The molecule has 3 atom stereocenters. The summed E-state index contributed by atoms with van der Waals surface area (Å²) in [4.78, 5) is 14.3. The lowest BCUT2D eigenvalue weighted by molar-refractivity contribution is -0.145. The number of halogens is 1. The Morgan fingerprint density at radius 3 is 2.90 bits per heavy atom. The van der Waals surface area contributed by atoms with Crippen LogP contribution in [0.2, 0.25) is 0 Å². The first-order valence-corrected chi connectivity index (χ1v) is 7.40. The van der Waals surface area contributed by atoms with Crippen LogP contribution in [-0.4, -0.2) is 62.4 Å². The second-order valence-corrected chi connectivity index (χ2v) is 5.50. The number of hydrogen-bond donors (Lipinski definition) is 1. The van der Waals surface area contributed by atoms with E-state index in [4.69, 9.17) is 9.47 Å². The predicted molar refractivity (Wildman–Crippen MR) is 80.3 cm³/mol. The number of nitrogens with one attached hydrogen (secondary N) is 1. The molecular weight excluding hydrogens is 280 g/mol. The highest BCUT2D eigenvalue weighted by molar-refractivity contribution is 5.85. The van der Waals surface area contributed by atoms with Crippen molar-refractivity contribution >= 4 is 18.3 Å². The number of nitrogens with zero attached hydrogens (tertiary/aromatic N) is 1. The van der Waals surface area contributed by atoms with Crippen LogP contribution in [0.1, 0.15) is 32.6 Å². The molecule has 0 aromatic rings. The highest BCUT2D eigenvalue weighted by atomic mass is 35.5. The largest absolute Gasteiger partial charge is 0.376 e. The van der Waals surface area contributed by atoms with Crippen molar-refractivity contribution in [2.24, 2.45) is 0 Å². The lowest BCUT2D eigenvalue weighted by Gasteiger charge is -2.27. The summed E-state index contributed by atoms with van der Waals surface area (Å²) in [5.41, 5.74) is 0. The third kappa shape index (κ3) is 4.58. The molecule has 2 heterocycles. The highest BCUT2D eigenvalue weighted by Crippen LogP contribution is 2.19. The molecule has 2 aliphatic rings. The molecule has 5 nitrogen and oxygen atoms in total. The monoisotopic (exact) mass is 306 g/mol. The number of likely N-dealkylation sites (tertiary alicyclic amines) is 1. The third-order valence-electron chi connectivity index (χ3n) is 4.00. The minimum absolute atomic E-state index is 0. The summed E-state index contributed by atoms with van der Waals surface area (Å²) in [5, 5.41) is 3.16. The second kappa shape index (κ2) is 8.82. The van der Waals surface area contributed by atoms with E-state index in [1.807, 2.05) is 18.9 Å². The van der Waals surface area contributed by atoms with Crippen LogP contribution in [-0.2, 0) is 14.3 Å². The van der Waals surface area contributed by atoms with Gasteiger partial charge in [-0.3, -0.25) is 4.79 Å². The van der Waals surface area contributed by atoms with Gasteiger partial charge in [0.15, 0.2) is 0 Å². The van der Waals surface area contributed by atoms with E-state index in [0.717, 1.165) is 45.4 Å². The van der Waals surface area contributed by atoms with Gasteiger partial charge in [-0.2, -0.15) is 0 Å². The molecule has 0 aliphatic carbocycles. The Morgan fingerprint density at radius 1 is 1.45 bits per heavy atom. The molecule has 1 N–H and O–H groups in total. The van der Waals surface area contributed by atoms with E-state index in [9.17, 15) is 4.79 Å². The maximum absolute atomic E-state index is 12.4. The van der Waals surface area contributed by atoms with Crippen LogP contribution in [0.15, 0.2) is 0 Å². The van der Waals surface area contributed by atoms with Gasteiger partial charge in [-0.25, -0.2) is 0 Å². The van der Waals surface area contributed by atoms with Crippen molar-refractivity contribution in [1.29, 1.82) is 0 Å². The summed E-state index contributed by atoms with van der Waals surface area (Å²) in [5.74, 6) is 0.121. The summed E-state index contributed by atoms with van der Waals surface area (Å²) in [6, 6.07) is 0.325. The van der Waals surface area contributed by atoms with E-state index in [0.29, 0.717) is 12.6 Å². The van der Waals surface area contributed by atoms with Crippen LogP contribution in [0.4, 0.5) is 0 Å². The van der Waals surface area contributed by atoms with Crippen molar-refractivity contribution in [2.75, 3.05) is 33.4 Å². The number of carbonyl (C=O) groups excluding carboxylic acids is 1. The fourth-order valence-electron chi connectivity index (χ4n) is 2.91. The maximum atomic E-state index is 12.4. The zero-order chi connectivity index (χ0) is 13.7. The lowest BCUT2D eigenvalue weighted by atomic mass is 10.2. The normalized spacial score (nSPS) is 27.4. The molecule has 118 valence electrons. The fraction of sp³-hybridized carbons (Fsp3) is 0.929. The van der Waals surface area contributed by atoms with Crippen molar-refractivity contribution in [2.45, 2.75) is 50.9 Å². The van der Waals surface area contributed by atoms with Crippen molar-refractivity contribution in [3.8, 4) is 0 Å². The van der Waals surface area contributed by atoms with Crippen molar-refractivity contribution < 1.29 is 14.3 Å². The van der Waals surface area contributed by atoms with E-state index in [1.54, 1.807) is 0 Å². The standard InChI is InChI=1S/C14H26N2O3.ClH/c1-11(19-10-13-6-4-8-18-13)14(17)16-7-3-5-12(16)9-15-2;/h11-13,15H,3-10H2,1-2H3;1H. The van der Waals surface area contributed by atoms with Gasteiger partial charge in [0, 0.05) is 25.7 Å². The number of ether oxygens (including phenoxy) is 2. The van der Waals surface area contributed by atoms with Crippen LogP contribution in [0.3, 0.4) is 0 Å². The van der Waals surface area contributed by atoms with Gasteiger partial charge in [-0.15, -0.1) is 12.4 Å². The Balaban J connectivity index is 0.00000200. The van der Waals surface area contributed by atoms with Crippen LogP contribution < -0.4 is 5.32 Å². The van der Waals surface area contributed by atoms with Gasteiger partial charge in [0.25, 0.3) is 5.91 Å². The zero-order valence-electron chi connectivity index (χ0n) is 12.5. The van der Waals surface area contributed by atoms with Crippen LogP contribution in [0.25, 0.3) is 0 Å². The first-order chi connectivity index (χ1) is 9.22. The first-order valence-electron chi connectivity index (χ1n) is 7.40. The SMILES string of the molecule is CNCC1CCCN1C(=O)C(C)OCC1CCCO1.Cl. The fourth-order valence-corrected chi connectivity index (χ4v) is 2.91. The first kappa shape index (κ1) is 17.7. The van der Waals surface area contributed by atoms with Crippen LogP contribution in [0.5, 0.6) is 0 Å². The lowest BCUT2D eigenvalue weighted by Crippen LogP contribution is -2.45. The number of rotatable bonds is 6.